The Morgan fingerprint density at radius 2 is 1.93 bits per heavy atom. The van der Waals surface area contributed by atoms with Gasteiger partial charge in [0, 0.05) is 24.3 Å². The molecule has 2 rings (SSSR count). The van der Waals surface area contributed by atoms with Crippen LogP contribution in [0.2, 0.25) is 0 Å². The van der Waals surface area contributed by atoms with Crippen LogP contribution in [0, 0.1) is 19.8 Å². The Hall–Kier alpha value is -1.62. The lowest BCUT2D eigenvalue weighted by molar-refractivity contribution is -0.198. The highest BCUT2D eigenvalue weighted by molar-refractivity contribution is 8.76. The van der Waals surface area contributed by atoms with Gasteiger partial charge in [0.15, 0.2) is 0 Å². The van der Waals surface area contributed by atoms with E-state index in [2.05, 4.69) is 11.1 Å². The summed E-state index contributed by atoms with van der Waals surface area (Å²) in [5.74, 6) is -1.27. The summed E-state index contributed by atoms with van der Waals surface area (Å²) in [7, 11) is 3.32. The molecule has 0 N–H and O–H groups in total. The number of amides is 2. The first-order valence-corrected chi connectivity index (χ1v) is 11.7. The van der Waals surface area contributed by atoms with E-state index in [9.17, 15) is 14.4 Å². The number of carbonyl (C=O) groups excluding carboxylic acids is 3. The van der Waals surface area contributed by atoms with Gasteiger partial charge in [0.05, 0.1) is 32.8 Å². The normalized spacial score (nSPS) is 16.5. The molecule has 2 heterocycles. The summed E-state index contributed by atoms with van der Waals surface area (Å²) in [6.45, 7) is 7.19. The van der Waals surface area contributed by atoms with Gasteiger partial charge in [-0.1, -0.05) is 23.8 Å². The molecule has 1 aliphatic heterocycles. The molecule has 0 saturated carbocycles. The zero-order chi connectivity index (χ0) is 21.2. The molecule has 0 bridgehead atoms. The van der Waals surface area contributed by atoms with E-state index in [0.717, 1.165) is 16.3 Å². The van der Waals surface area contributed by atoms with Crippen LogP contribution in [-0.2, 0) is 28.7 Å². The molecule has 1 atom stereocenters. The van der Waals surface area contributed by atoms with Crippen LogP contribution in [0.25, 0.3) is 0 Å². The summed E-state index contributed by atoms with van der Waals surface area (Å²) in [6.07, 6.45) is 1.89. The molecule has 0 aromatic carbocycles. The summed E-state index contributed by atoms with van der Waals surface area (Å²) in [5.41, 5.74) is 2.32. The Kier molecular flexibility index (Phi) is 9.92. The summed E-state index contributed by atoms with van der Waals surface area (Å²) in [6, 6.07) is 2.11. The van der Waals surface area contributed by atoms with Crippen molar-refractivity contribution >= 4 is 39.4 Å². The highest BCUT2D eigenvalue weighted by Crippen LogP contribution is 2.31. The first kappa shape index (κ1) is 23.7. The molecule has 8 nitrogen and oxygen atoms in total. The second kappa shape index (κ2) is 12.2. The molecule has 1 fully saturated rings. The van der Waals surface area contributed by atoms with Crippen molar-refractivity contribution in [3.05, 3.63) is 23.4 Å². The number of rotatable bonds is 12. The van der Waals surface area contributed by atoms with Gasteiger partial charge in [-0.3, -0.25) is 9.59 Å². The lowest BCUT2D eigenvalue weighted by Gasteiger charge is -2.13. The Bertz CT molecular complexity index is 731. The number of hydrogen-bond donors (Lipinski definition) is 0. The van der Waals surface area contributed by atoms with Crippen LogP contribution in [0.5, 0.6) is 0 Å². The monoisotopic (exact) mass is 442 g/mol. The van der Waals surface area contributed by atoms with Crippen LogP contribution < -0.4 is 0 Å². The van der Waals surface area contributed by atoms with Crippen molar-refractivity contribution in [2.45, 2.75) is 38.6 Å². The number of pyridine rings is 1. The summed E-state index contributed by atoms with van der Waals surface area (Å²) >= 11 is 0. The Labute approximate surface area is 178 Å². The summed E-state index contributed by atoms with van der Waals surface area (Å²) < 4.78 is 10.8. The topological polar surface area (TPSA) is 95.0 Å². The van der Waals surface area contributed by atoms with E-state index in [1.807, 2.05) is 20.0 Å². The Morgan fingerprint density at radius 1 is 1.21 bits per heavy atom. The van der Waals surface area contributed by atoms with E-state index >= 15 is 0 Å². The molecule has 1 saturated heterocycles. The standard InChI is InChI=1S/C19H26N2O6S2/c1-13-10-14(2)18(20-12-13)29-28-9-8-26-7-6-25-5-4-17(23)27-21-16(22)11-15(3)19(21)24/h10,12,15H,4-9,11H2,1-3H3. The van der Waals surface area contributed by atoms with Crippen LogP contribution >= 0.6 is 21.6 Å². The number of imide groups is 1. The van der Waals surface area contributed by atoms with Gasteiger partial charge in [0.1, 0.15) is 5.03 Å². The molecule has 0 spiro atoms. The average molecular weight is 443 g/mol. The third-order valence-electron chi connectivity index (χ3n) is 3.96. The highest BCUT2D eigenvalue weighted by Gasteiger charge is 2.38. The predicted octanol–water partition coefficient (Wildman–Crippen LogP) is 2.72. The van der Waals surface area contributed by atoms with Crippen molar-refractivity contribution < 1.29 is 28.7 Å². The van der Waals surface area contributed by atoms with E-state index in [4.69, 9.17) is 14.3 Å². The van der Waals surface area contributed by atoms with Gasteiger partial charge in [0.25, 0.3) is 11.8 Å². The minimum absolute atomic E-state index is 0.0408. The third kappa shape index (κ3) is 7.96. The minimum atomic E-state index is -0.671. The zero-order valence-corrected chi connectivity index (χ0v) is 18.5. The number of nitrogens with zero attached hydrogens (tertiary/aromatic N) is 2. The van der Waals surface area contributed by atoms with Gasteiger partial charge in [-0.2, -0.15) is 0 Å². The molecule has 29 heavy (non-hydrogen) atoms. The van der Waals surface area contributed by atoms with E-state index in [1.165, 1.54) is 5.56 Å². The first-order chi connectivity index (χ1) is 13.9. The summed E-state index contributed by atoms with van der Waals surface area (Å²) in [5, 5.41) is 1.57. The zero-order valence-electron chi connectivity index (χ0n) is 16.8. The fourth-order valence-corrected chi connectivity index (χ4v) is 4.44. The van der Waals surface area contributed by atoms with E-state index in [1.54, 1.807) is 28.5 Å². The Balaban J connectivity index is 1.44. The molecular formula is C19H26N2O6S2. The van der Waals surface area contributed by atoms with Gasteiger partial charge in [-0.05, 0) is 35.8 Å². The molecule has 1 aromatic rings. The third-order valence-corrected chi connectivity index (χ3v) is 6.32. The molecule has 160 valence electrons. The second-order valence-electron chi connectivity index (χ2n) is 6.61. The minimum Gasteiger partial charge on any atom is -0.378 e. The number of aromatic nitrogens is 1. The molecule has 2 amide bonds. The van der Waals surface area contributed by atoms with E-state index < -0.39 is 23.7 Å². The molecule has 1 unspecified atom stereocenters. The average Bonchev–Trinajstić information content (AvgIpc) is 2.90. The molecule has 1 aliphatic rings. The number of ether oxygens (including phenoxy) is 2. The number of carbonyl (C=O) groups is 3. The van der Waals surface area contributed by atoms with Crippen LogP contribution in [0.3, 0.4) is 0 Å². The van der Waals surface area contributed by atoms with Gasteiger partial charge in [-0.25, -0.2) is 9.78 Å². The maximum Gasteiger partial charge on any atom is 0.335 e. The Morgan fingerprint density at radius 3 is 2.59 bits per heavy atom. The van der Waals surface area contributed by atoms with Crippen molar-refractivity contribution in [3.8, 4) is 0 Å². The van der Waals surface area contributed by atoms with Crippen LogP contribution in [0.15, 0.2) is 17.3 Å². The fourth-order valence-electron chi connectivity index (χ4n) is 2.46. The number of hydrogen-bond acceptors (Lipinski definition) is 9. The first-order valence-electron chi connectivity index (χ1n) is 9.34. The molecule has 0 radical (unpaired) electrons. The van der Waals surface area contributed by atoms with Crippen LogP contribution in [0.4, 0.5) is 0 Å². The molecule has 0 aliphatic carbocycles. The lowest BCUT2D eigenvalue weighted by atomic mass is 10.1. The smallest absolute Gasteiger partial charge is 0.335 e. The quantitative estimate of drug-likeness (QED) is 0.275. The number of aryl methyl sites for hydroxylation is 2. The maximum absolute atomic E-state index is 11.7. The maximum atomic E-state index is 11.7. The van der Waals surface area contributed by atoms with Crippen molar-refractivity contribution in [2.24, 2.45) is 5.92 Å². The van der Waals surface area contributed by atoms with Gasteiger partial charge in [0.2, 0.25) is 0 Å². The highest BCUT2D eigenvalue weighted by atomic mass is 33.1. The molecular weight excluding hydrogens is 416 g/mol. The van der Waals surface area contributed by atoms with Crippen LogP contribution in [0.1, 0.15) is 30.9 Å². The number of hydroxylamine groups is 2. The summed E-state index contributed by atoms with van der Waals surface area (Å²) in [4.78, 5) is 44.1. The fraction of sp³-hybridized carbons (Fsp3) is 0.579. The second-order valence-corrected chi connectivity index (χ2v) is 9.01. The van der Waals surface area contributed by atoms with E-state index in [0.29, 0.717) is 24.9 Å². The largest absolute Gasteiger partial charge is 0.378 e. The molecule has 10 heteroatoms. The van der Waals surface area contributed by atoms with Gasteiger partial charge in [-0.15, -0.1) is 5.06 Å². The van der Waals surface area contributed by atoms with E-state index in [-0.39, 0.29) is 19.4 Å². The lowest BCUT2D eigenvalue weighted by Crippen LogP contribution is -2.33. The van der Waals surface area contributed by atoms with Crippen molar-refractivity contribution in [1.29, 1.82) is 0 Å². The SMILES string of the molecule is Cc1cnc(SSCCOCCOCCC(=O)ON2C(=O)CC(C)C2=O)c(C)c1. The van der Waals surface area contributed by atoms with Crippen LogP contribution in [-0.4, -0.2) is 60.0 Å². The van der Waals surface area contributed by atoms with Gasteiger partial charge >= 0.3 is 5.97 Å². The van der Waals surface area contributed by atoms with Crippen molar-refractivity contribution in [2.75, 3.05) is 32.2 Å². The molecule has 1 aromatic heterocycles. The predicted molar refractivity (Wildman–Crippen MR) is 110 cm³/mol. The van der Waals surface area contributed by atoms with Gasteiger partial charge < -0.3 is 14.3 Å². The van der Waals surface area contributed by atoms with Crippen molar-refractivity contribution in [1.82, 2.24) is 10.0 Å². The van der Waals surface area contributed by atoms with Crippen molar-refractivity contribution in [3.63, 3.8) is 0 Å².